The Kier molecular flexibility index (Phi) is 8.94. The molecule has 2 aromatic carbocycles. The molecule has 3 rings (SSSR count). The molecule has 0 radical (unpaired) electrons. The molecule has 176 valence electrons. The van der Waals surface area contributed by atoms with Gasteiger partial charge in [0.25, 0.3) is 11.8 Å². The highest BCUT2D eigenvalue weighted by Crippen LogP contribution is 2.23. The van der Waals surface area contributed by atoms with E-state index in [-0.39, 0.29) is 22.6 Å². The summed E-state index contributed by atoms with van der Waals surface area (Å²) in [7, 11) is 3.36. The smallest absolute Gasteiger partial charge is 0.258 e. The second-order valence-electron chi connectivity index (χ2n) is 7.54. The average Bonchev–Trinajstić information content (AvgIpc) is 2.83. The standard InChI is InChI=1S/C24H22FI2N5O2/c1-32(2)22(28)16-5-6-17(19(25)10-16)23(33)30-20-7-3-14(11-26)9-18(20)24(34)31-21-8-4-15(12-27)13-29-21/h3-10,13,28H,11-12H2,1-2H3,(H,30,33)(H,29,31,34). The molecular weight excluding hydrogens is 663 g/mol. The lowest BCUT2D eigenvalue weighted by molar-refractivity contribution is 0.102. The van der Waals surface area contributed by atoms with Crippen molar-refractivity contribution in [2.45, 2.75) is 8.86 Å². The van der Waals surface area contributed by atoms with Gasteiger partial charge in [-0.15, -0.1) is 0 Å². The number of rotatable bonds is 7. The summed E-state index contributed by atoms with van der Waals surface area (Å²) < 4.78 is 16.2. The Morgan fingerprint density at radius 1 is 0.941 bits per heavy atom. The fourth-order valence-corrected chi connectivity index (χ4v) is 3.95. The zero-order chi connectivity index (χ0) is 24.8. The normalized spacial score (nSPS) is 10.5. The largest absolute Gasteiger partial charge is 0.363 e. The fraction of sp³-hybridized carbons (Fsp3) is 0.167. The van der Waals surface area contributed by atoms with Crippen molar-refractivity contribution in [3.63, 3.8) is 0 Å². The van der Waals surface area contributed by atoms with Crippen molar-refractivity contribution in [3.8, 4) is 0 Å². The molecule has 0 aliphatic rings. The number of benzene rings is 2. The van der Waals surface area contributed by atoms with Crippen molar-refractivity contribution >= 4 is 74.3 Å². The number of amidine groups is 1. The molecule has 1 aromatic heterocycles. The number of hydrogen-bond acceptors (Lipinski definition) is 4. The van der Waals surface area contributed by atoms with Crippen molar-refractivity contribution in [2.24, 2.45) is 0 Å². The van der Waals surface area contributed by atoms with Crippen LogP contribution in [0, 0.1) is 11.2 Å². The monoisotopic (exact) mass is 685 g/mol. The van der Waals surface area contributed by atoms with Gasteiger partial charge in [0, 0.05) is 34.7 Å². The molecule has 0 bridgehead atoms. The number of nitrogens with zero attached hydrogens (tertiary/aromatic N) is 2. The maximum atomic E-state index is 14.7. The quantitative estimate of drug-likeness (QED) is 0.133. The van der Waals surface area contributed by atoms with Gasteiger partial charge in [-0.1, -0.05) is 63.4 Å². The van der Waals surface area contributed by atoms with Gasteiger partial charge in [-0.05, 0) is 41.5 Å². The number of aromatic nitrogens is 1. The Hall–Kier alpha value is -2.61. The lowest BCUT2D eigenvalue weighted by Gasteiger charge is -2.15. The van der Waals surface area contributed by atoms with E-state index in [1.165, 1.54) is 12.1 Å². The summed E-state index contributed by atoms with van der Waals surface area (Å²) in [5.41, 5.74) is 2.60. The Morgan fingerprint density at radius 2 is 1.62 bits per heavy atom. The summed E-state index contributed by atoms with van der Waals surface area (Å²) >= 11 is 4.42. The van der Waals surface area contributed by atoms with Crippen molar-refractivity contribution < 1.29 is 14.0 Å². The van der Waals surface area contributed by atoms with E-state index in [0.717, 1.165) is 21.6 Å². The predicted octanol–water partition coefficient (Wildman–Crippen LogP) is 5.48. The minimum atomic E-state index is -0.754. The first-order chi connectivity index (χ1) is 16.2. The molecule has 0 saturated carbocycles. The van der Waals surface area contributed by atoms with Gasteiger partial charge in [0.2, 0.25) is 0 Å². The summed E-state index contributed by atoms with van der Waals surface area (Å²) in [6, 6.07) is 12.7. The van der Waals surface area contributed by atoms with E-state index >= 15 is 0 Å². The highest BCUT2D eigenvalue weighted by molar-refractivity contribution is 14.1. The molecule has 10 heteroatoms. The van der Waals surface area contributed by atoms with Crippen LogP contribution < -0.4 is 10.6 Å². The van der Waals surface area contributed by atoms with Gasteiger partial charge < -0.3 is 15.5 Å². The number of hydrogen-bond donors (Lipinski definition) is 3. The Bertz CT molecular complexity index is 1230. The van der Waals surface area contributed by atoms with Crippen LogP contribution in [-0.2, 0) is 8.86 Å². The van der Waals surface area contributed by atoms with E-state index in [0.29, 0.717) is 15.8 Å². The number of halogens is 3. The minimum absolute atomic E-state index is 0.124. The van der Waals surface area contributed by atoms with Gasteiger partial charge in [0.15, 0.2) is 0 Å². The molecule has 3 aromatic rings. The molecule has 0 aliphatic heterocycles. The topological polar surface area (TPSA) is 98.2 Å². The summed E-state index contributed by atoms with van der Waals surface area (Å²) in [6.07, 6.45) is 1.69. The number of carbonyl (C=O) groups excluding carboxylic acids is 2. The summed E-state index contributed by atoms with van der Waals surface area (Å²) in [6.45, 7) is 0. The molecule has 1 heterocycles. The van der Waals surface area contributed by atoms with Gasteiger partial charge in [0.05, 0.1) is 16.8 Å². The molecule has 0 spiro atoms. The highest BCUT2D eigenvalue weighted by atomic mass is 127. The van der Waals surface area contributed by atoms with Crippen LogP contribution in [0.15, 0.2) is 54.7 Å². The van der Waals surface area contributed by atoms with E-state index < -0.39 is 17.6 Å². The number of pyridine rings is 1. The van der Waals surface area contributed by atoms with Crippen LogP contribution in [0.2, 0.25) is 0 Å². The van der Waals surface area contributed by atoms with Crippen molar-refractivity contribution in [1.29, 1.82) is 5.41 Å². The van der Waals surface area contributed by atoms with E-state index in [1.807, 2.05) is 6.07 Å². The van der Waals surface area contributed by atoms with Crippen LogP contribution in [-0.4, -0.2) is 41.6 Å². The first kappa shape index (κ1) is 26.0. The maximum absolute atomic E-state index is 14.7. The summed E-state index contributed by atoms with van der Waals surface area (Å²) in [4.78, 5) is 31.7. The van der Waals surface area contributed by atoms with Crippen molar-refractivity contribution in [3.05, 3.63) is 88.4 Å². The highest BCUT2D eigenvalue weighted by Gasteiger charge is 2.19. The molecule has 2 amide bonds. The van der Waals surface area contributed by atoms with E-state index in [2.05, 4.69) is 60.8 Å². The van der Waals surface area contributed by atoms with E-state index in [1.54, 1.807) is 49.5 Å². The van der Waals surface area contributed by atoms with Gasteiger partial charge in [-0.2, -0.15) is 0 Å². The first-order valence-electron chi connectivity index (χ1n) is 10.1. The number of anilines is 2. The lowest BCUT2D eigenvalue weighted by Crippen LogP contribution is -2.23. The van der Waals surface area contributed by atoms with Gasteiger partial charge >= 0.3 is 0 Å². The second kappa shape index (κ2) is 11.7. The van der Waals surface area contributed by atoms with E-state index in [4.69, 9.17) is 5.41 Å². The lowest BCUT2D eigenvalue weighted by atomic mass is 10.1. The number of carbonyl (C=O) groups is 2. The molecule has 3 N–H and O–H groups in total. The third kappa shape index (κ3) is 6.29. The van der Waals surface area contributed by atoms with Gasteiger partial charge in [0.1, 0.15) is 17.5 Å². The summed E-state index contributed by atoms with van der Waals surface area (Å²) in [5.74, 6) is -1.37. The Labute approximate surface area is 224 Å². The molecule has 0 unspecified atom stereocenters. The molecule has 0 atom stereocenters. The van der Waals surface area contributed by atoms with Crippen molar-refractivity contribution in [1.82, 2.24) is 9.88 Å². The van der Waals surface area contributed by atoms with Crippen LogP contribution in [0.3, 0.4) is 0 Å². The molecular formula is C24H22FI2N5O2. The maximum Gasteiger partial charge on any atom is 0.258 e. The van der Waals surface area contributed by atoms with Crippen LogP contribution >= 0.6 is 45.2 Å². The van der Waals surface area contributed by atoms with Gasteiger partial charge in [-0.3, -0.25) is 15.0 Å². The van der Waals surface area contributed by atoms with Crippen LogP contribution in [0.1, 0.15) is 37.4 Å². The SMILES string of the molecule is CN(C)C(=N)c1ccc(C(=O)Nc2ccc(CI)cc2C(=O)Nc2ccc(CI)cn2)c(F)c1. The van der Waals surface area contributed by atoms with E-state index in [9.17, 15) is 14.0 Å². The third-order valence-corrected chi connectivity index (χ3v) is 6.65. The number of alkyl halides is 2. The van der Waals surface area contributed by atoms with Crippen molar-refractivity contribution in [2.75, 3.05) is 24.7 Å². The number of amides is 2. The zero-order valence-electron chi connectivity index (χ0n) is 18.5. The molecule has 7 nitrogen and oxygen atoms in total. The zero-order valence-corrected chi connectivity index (χ0v) is 22.8. The molecule has 34 heavy (non-hydrogen) atoms. The number of nitrogens with one attached hydrogen (secondary N) is 3. The Balaban J connectivity index is 1.86. The van der Waals surface area contributed by atoms with Gasteiger partial charge in [-0.25, -0.2) is 9.37 Å². The summed E-state index contributed by atoms with van der Waals surface area (Å²) in [5, 5.41) is 13.4. The molecule has 0 fully saturated rings. The van der Waals surface area contributed by atoms with Crippen LogP contribution in [0.5, 0.6) is 0 Å². The first-order valence-corrected chi connectivity index (χ1v) is 13.2. The third-order valence-electron chi connectivity index (χ3n) is 4.89. The second-order valence-corrected chi connectivity index (χ2v) is 9.07. The fourth-order valence-electron chi connectivity index (χ4n) is 3.03. The molecule has 0 aliphatic carbocycles. The van der Waals surface area contributed by atoms with Crippen LogP contribution in [0.25, 0.3) is 0 Å². The predicted molar refractivity (Wildman–Crippen MR) is 149 cm³/mol. The van der Waals surface area contributed by atoms with Crippen LogP contribution in [0.4, 0.5) is 15.9 Å². The molecule has 0 saturated heterocycles. The Morgan fingerprint density at radius 3 is 2.21 bits per heavy atom. The average molecular weight is 685 g/mol. The minimum Gasteiger partial charge on any atom is -0.363 e.